The minimum Gasteiger partial charge on any atom is -0.294 e. The van der Waals surface area contributed by atoms with Gasteiger partial charge < -0.3 is 0 Å². The van der Waals surface area contributed by atoms with Gasteiger partial charge in [0.05, 0.1) is 0 Å². The van der Waals surface area contributed by atoms with Gasteiger partial charge in [0, 0.05) is 11.8 Å². The summed E-state index contributed by atoms with van der Waals surface area (Å²) in [6, 6.07) is 8.23. The molecule has 0 saturated carbocycles. The minimum atomic E-state index is -0.0520. The van der Waals surface area contributed by atoms with Gasteiger partial charge in [-0.05, 0) is 36.1 Å². The van der Waals surface area contributed by atoms with Gasteiger partial charge >= 0.3 is 0 Å². The second kappa shape index (κ2) is 6.52. The molecule has 0 saturated heterocycles. The molecule has 2 heteroatoms. The van der Waals surface area contributed by atoms with Gasteiger partial charge in [0.15, 0.2) is 11.6 Å². The summed E-state index contributed by atoms with van der Waals surface area (Å²) < 4.78 is 0. The van der Waals surface area contributed by atoms with E-state index in [0.29, 0.717) is 0 Å². The molecule has 2 aliphatic rings. The van der Waals surface area contributed by atoms with Gasteiger partial charge in [-0.1, -0.05) is 60.7 Å². The van der Waals surface area contributed by atoms with Crippen LogP contribution in [0.5, 0.6) is 0 Å². The SMILES string of the molecule is O=C1C=CC=CC1Cc1ccc(CC2C=CC=CC2=O)cc1. The quantitative estimate of drug-likeness (QED) is 0.851. The summed E-state index contributed by atoms with van der Waals surface area (Å²) in [5.41, 5.74) is 2.29. The van der Waals surface area contributed by atoms with Gasteiger partial charge in [-0.2, -0.15) is 0 Å². The zero-order valence-electron chi connectivity index (χ0n) is 12.3. The molecule has 0 radical (unpaired) electrons. The second-order valence-corrected chi connectivity index (χ2v) is 5.73. The van der Waals surface area contributed by atoms with Crippen LogP contribution in [0.3, 0.4) is 0 Å². The second-order valence-electron chi connectivity index (χ2n) is 5.73. The van der Waals surface area contributed by atoms with Crippen LogP contribution in [0.25, 0.3) is 0 Å². The van der Waals surface area contributed by atoms with Crippen molar-refractivity contribution in [2.24, 2.45) is 11.8 Å². The van der Waals surface area contributed by atoms with Gasteiger partial charge in [-0.15, -0.1) is 0 Å². The molecule has 1 aromatic carbocycles. The topological polar surface area (TPSA) is 34.1 Å². The average molecular weight is 290 g/mol. The Balaban J connectivity index is 1.63. The van der Waals surface area contributed by atoms with E-state index in [-0.39, 0.29) is 23.4 Å². The van der Waals surface area contributed by atoms with Gasteiger partial charge in [-0.3, -0.25) is 9.59 Å². The lowest BCUT2D eigenvalue weighted by Gasteiger charge is -2.14. The van der Waals surface area contributed by atoms with Crippen molar-refractivity contribution in [2.45, 2.75) is 12.8 Å². The molecule has 0 bridgehead atoms. The highest BCUT2D eigenvalue weighted by Crippen LogP contribution is 2.19. The molecule has 0 heterocycles. The Morgan fingerprint density at radius 2 is 1.05 bits per heavy atom. The number of ketones is 2. The zero-order valence-corrected chi connectivity index (χ0v) is 12.3. The van der Waals surface area contributed by atoms with Crippen LogP contribution in [-0.2, 0) is 22.4 Å². The number of carbonyl (C=O) groups is 2. The smallest absolute Gasteiger partial charge is 0.162 e. The average Bonchev–Trinajstić information content (AvgIpc) is 2.54. The van der Waals surface area contributed by atoms with Crippen molar-refractivity contribution in [3.05, 3.63) is 84.0 Å². The number of hydrogen-bond donors (Lipinski definition) is 0. The standard InChI is InChI=1S/C20H18O2/c21-19-7-3-1-5-17(19)13-15-9-11-16(12-10-15)14-18-6-2-4-8-20(18)22/h1-12,17-18H,13-14H2. The van der Waals surface area contributed by atoms with Crippen molar-refractivity contribution in [1.29, 1.82) is 0 Å². The van der Waals surface area contributed by atoms with Crippen LogP contribution in [0.2, 0.25) is 0 Å². The summed E-state index contributed by atoms with van der Waals surface area (Å²) in [6.07, 6.45) is 16.0. The largest absolute Gasteiger partial charge is 0.294 e. The summed E-state index contributed by atoms with van der Waals surface area (Å²) in [7, 11) is 0. The van der Waals surface area contributed by atoms with Crippen molar-refractivity contribution in [1.82, 2.24) is 0 Å². The Morgan fingerprint density at radius 3 is 1.41 bits per heavy atom. The predicted molar refractivity (Wildman–Crippen MR) is 87.4 cm³/mol. The molecule has 22 heavy (non-hydrogen) atoms. The molecule has 2 unspecified atom stereocenters. The van der Waals surface area contributed by atoms with Gasteiger partial charge in [0.1, 0.15) is 0 Å². The van der Waals surface area contributed by atoms with Crippen LogP contribution >= 0.6 is 0 Å². The zero-order chi connectivity index (χ0) is 15.4. The van der Waals surface area contributed by atoms with E-state index < -0.39 is 0 Å². The van der Waals surface area contributed by atoms with Crippen molar-refractivity contribution in [3.63, 3.8) is 0 Å². The molecule has 0 aromatic heterocycles. The number of carbonyl (C=O) groups excluding carboxylic acids is 2. The maximum atomic E-state index is 11.8. The lowest BCUT2D eigenvalue weighted by Crippen LogP contribution is -2.15. The highest BCUT2D eigenvalue weighted by molar-refractivity contribution is 5.95. The number of rotatable bonds is 4. The first-order valence-electron chi connectivity index (χ1n) is 7.57. The molecule has 110 valence electrons. The first-order valence-corrected chi connectivity index (χ1v) is 7.57. The molecule has 2 nitrogen and oxygen atoms in total. The number of benzene rings is 1. The highest BCUT2D eigenvalue weighted by Gasteiger charge is 2.17. The summed E-state index contributed by atoms with van der Waals surface area (Å²) >= 11 is 0. The summed E-state index contributed by atoms with van der Waals surface area (Å²) in [5.74, 6) is 0.222. The van der Waals surface area contributed by atoms with Crippen LogP contribution in [0.4, 0.5) is 0 Å². The fraction of sp³-hybridized carbons (Fsp3) is 0.200. The van der Waals surface area contributed by atoms with Gasteiger partial charge in [-0.25, -0.2) is 0 Å². The Morgan fingerprint density at radius 1 is 0.636 bits per heavy atom. The molecular formula is C20H18O2. The third-order valence-corrected chi connectivity index (χ3v) is 4.10. The first-order chi connectivity index (χ1) is 10.7. The Kier molecular flexibility index (Phi) is 4.29. The van der Waals surface area contributed by atoms with E-state index in [1.165, 1.54) is 0 Å². The predicted octanol–water partition coefficient (Wildman–Crippen LogP) is 3.39. The molecule has 0 spiro atoms. The fourth-order valence-electron chi connectivity index (χ4n) is 2.79. The van der Waals surface area contributed by atoms with Crippen LogP contribution in [0, 0.1) is 11.8 Å². The van der Waals surface area contributed by atoms with Crippen LogP contribution in [0.15, 0.2) is 72.9 Å². The van der Waals surface area contributed by atoms with Crippen molar-refractivity contribution in [2.75, 3.05) is 0 Å². The van der Waals surface area contributed by atoms with Gasteiger partial charge in [0.25, 0.3) is 0 Å². The molecule has 0 aliphatic heterocycles. The molecule has 2 aliphatic carbocycles. The highest BCUT2D eigenvalue weighted by atomic mass is 16.1. The molecule has 0 amide bonds. The van der Waals surface area contributed by atoms with E-state index in [4.69, 9.17) is 0 Å². The number of hydrogen-bond acceptors (Lipinski definition) is 2. The summed E-state index contributed by atoms with van der Waals surface area (Å²) in [4.78, 5) is 23.5. The third-order valence-electron chi connectivity index (χ3n) is 4.10. The number of allylic oxidation sites excluding steroid dienone is 8. The lowest BCUT2D eigenvalue weighted by molar-refractivity contribution is -0.117. The Hall–Kier alpha value is -2.48. The van der Waals surface area contributed by atoms with E-state index in [9.17, 15) is 9.59 Å². The normalized spacial score (nSPS) is 23.3. The fourth-order valence-corrected chi connectivity index (χ4v) is 2.79. The molecule has 0 N–H and O–H groups in total. The van der Waals surface area contributed by atoms with Crippen LogP contribution in [-0.4, -0.2) is 11.6 Å². The first kappa shape index (κ1) is 14.5. The van der Waals surface area contributed by atoms with E-state index in [1.807, 2.05) is 24.3 Å². The van der Waals surface area contributed by atoms with E-state index in [2.05, 4.69) is 24.3 Å². The minimum absolute atomic E-state index is 0.0520. The van der Waals surface area contributed by atoms with Crippen LogP contribution in [0.1, 0.15) is 11.1 Å². The van der Waals surface area contributed by atoms with Gasteiger partial charge in [0.2, 0.25) is 0 Å². The van der Waals surface area contributed by atoms with Crippen molar-refractivity contribution >= 4 is 11.6 Å². The molecule has 1 aromatic rings. The van der Waals surface area contributed by atoms with E-state index in [1.54, 1.807) is 24.3 Å². The van der Waals surface area contributed by atoms with E-state index >= 15 is 0 Å². The monoisotopic (exact) mass is 290 g/mol. The lowest BCUT2D eigenvalue weighted by atomic mass is 9.89. The maximum absolute atomic E-state index is 11.8. The Bertz CT molecular complexity index is 626. The van der Waals surface area contributed by atoms with E-state index in [0.717, 1.165) is 24.0 Å². The van der Waals surface area contributed by atoms with Crippen molar-refractivity contribution < 1.29 is 9.59 Å². The Labute approximate surface area is 130 Å². The van der Waals surface area contributed by atoms with Crippen LogP contribution < -0.4 is 0 Å². The summed E-state index contributed by atoms with van der Waals surface area (Å²) in [6.45, 7) is 0. The molecular weight excluding hydrogens is 272 g/mol. The summed E-state index contributed by atoms with van der Waals surface area (Å²) in [5, 5.41) is 0. The maximum Gasteiger partial charge on any atom is 0.162 e. The molecule has 3 rings (SSSR count). The van der Waals surface area contributed by atoms with Crippen molar-refractivity contribution in [3.8, 4) is 0 Å². The molecule has 2 atom stereocenters. The third kappa shape index (κ3) is 3.40. The molecule has 0 fully saturated rings.